The highest BCUT2D eigenvalue weighted by molar-refractivity contribution is 6.30. The molecule has 0 bridgehead atoms. The Balaban J connectivity index is 1.58. The second kappa shape index (κ2) is 17.6. The van der Waals surface area contributed by atoms with E-state index >= 15 is 0 Å². The van der Waals surface area contributed by atoms with Gasteiger partial charge in [0.05, 0.1) is 43.3 Å². The van der Waals surface area contributed by atoms with E-state index in [0.29, 0.717) is 30.2 Å². The van der Waals surface area contributed by atoms with Crippen LogP contribution in [-0.2, 0) is 25.7 Å². The van der Waals surface area contributed by atoms with E-state index in [1.807, 2.05) is 91.0 Å². The van der Waals surface area contributed by atoms with Gasteiger partial charge in [-0.2, -0.15) is 5.26 Å². The van der Waals surface area contributed by atoms with Crippen LogP contribution in [0.15, 0.2) is 115 Å². The molecule has 0 aliphatic carbocycles. The zero-order chi connectivity index (χ0) is 36.3. The SMILES string of the molecule is CC1NC(COCCOCc2ccccc2)C(CCC(c2ccccc2)c2ccccc2)(C(=O)O)C(c2cccc(Cl)c2)C1(CCC#N)C(=O)O. The minimum absolute atomic E-state index is 0.00229. The van der Waals surface area contributed by atoms with Crippen molar-refractivity contribution in [3.63, 3.8) is 0 Å². The van der Waals surface area contributed by atoms with Crippen LogP contribution >= 0.6 is 11.6 Å². The van der Waals surface area contributed by atoms with Gasteiger partial charge in [-0.25, -0.2) is 0 Å². The monoisotopic (exact) mass is 708 g/mol. The summed E-state index contributed by atoms with van der Waals surface area (Å²) in [6.45, 7) is 2.69. The highest BCUT2D eigenvalue weighted by Crippen LogP contribution is 2.60. The molecule has 0 radical (unpaired) electrons. The number of nitrogens with one attached hydrogen (secondary N) is 1. The summed E-state index contributed by atoms with van der Waals surface area (Å²) in [6.07, 6.45) is 0.383. The van der Waals surface area contributed by atoms with Gasteiger partial charge in [0.15, 0.2) is 0 Å². The largest absolute Gasteiger partial charge is 0.481 e. The Morgan fingerprint density at radius 2 is 1.41 bits per heavy atom. The molecule has 4 aromatic carbocycles. The fraction of sp³-hybridized carbons (Fsp3) is 0.357. The maximum absolute atomic E-state index is 14.2. The van der Waals surface area contributed by atoms with Crippen LogP contribution in [0.1, 0.15) is 66.7 Å². The first-order chi connectivity index (χ1) is 24.7. The number of carboxylic acids is 2. The van der Waals surface area contributed by atoms with E-state index in [0.717, 1.165) is 16.7 Å². The van der Waals surface area contributed by atoms with Crippen molar-refractivity contribution in [1.29, 1.82) is 5.26 Å². The van der Waals surface area contributed by atoms with Crippen LogP contribution in [0.25, 0.3) is 0 Å². The van der Waals surface area contributed by atoms with Crippen LogP contribution in [0, 0.1) is 22.2 Å². The third kappa shape index (κ3) is 8.35. The number of aliphatic carboxylic acids is 2. The number of hydrogen-bond donors (Lipinski definition) is 3. The van der Waals surface area contributed by atoms with Crippen LogP contribution < -0.4 is 5.32 Å². The summed E-state index contributed by atoms with van der Waals surface area (Å²) in [5.74, 6) is -3.54. The van der Waals surface area contributed by atoms with Crippen molar-refractivity contribution in [2.24, 2.45) is 10.8 Å². The van der Waals surface area contributed by atoms with Crippen molar-refractivity contribution in [2.45, 2.75) is 63.1 Å². The average Bonchev–Trinajstić information content (AvgIpc) is 3.14. The molecule has 0 spiro atoms. The molecule has 1 fully saturated rings. The molecule has 51 heavy (non-hydrogen) atoms. The molecular weight excluding hydrogens is 664 g/mol. The van der Waals surface area contributed by atoms with Gasteiger partial charge in [0.25, 0.3) is 0 Å². The summed E-state index contributed by atoms with van der Waals surface area (Å²) < 4.78 is 12.0. The van der Waals surface area contributed by atoms with E-state index in [1.165, 1.54) is 0 Å². The molecule has 0 aromatic heterocycles. The van der Waals surface area contributed by atoms with E-state index < -0.39 is 40.8 Å². The molecule has 1 saturated heterocycles. The Morgan fingerprint density at radius 3 is 1.98 bits per heavy atom. The smallest absolute Gasteiger partial charge is 0.311 e. The number of carbonyl (C=O) groups is 2. The van der Waals surface area contributed by atoms with Gasteiger partial charge in [-0.15, -0.1) is 0 Å². The Hall–Kier alpha value is -4.52. The maximum Gasteiger partial charge on any atom is 0.311 e. The van der Waals surface area contributed by atoms with E-state index in [9.17, 15) is 25.1 Å². The minimum Gasteiger partial charge on any atom is -0.481 e. The molecule has 5 rings (SSSR count). The third-order valence-electron chi connectivity index (χ3n) is 10.5. The predicted molar refractivity (Wildman–Crippen MR) is 196 cm³/mol. The van der Waals surface area contributed by atoms with Gasteiger partial charge in [-0.05, 0) is 60.6 Å². The van der Waals surface area contributed by atoms with Gasteiger partial charge in [0, 0.05) is 35.4 Å². The molecule has 1 heterocycles. The Bertz CT molecular complexity index is 1730. The van der Waals surface area contributed by atoms with Crippen LogP contribution in [0.4, 0.5) is 0 Å². The quantitative estimate of drug-likeness (QED) is 0.0940. The molecule has 0 amide bonds. The number of rotatable bonds is 17. The lowest BCUT2D eigenvalue weighted by molar-refractivity contribution is -0.177. The lowest BCUT2D eigenvalue weighted by Crippen LogP contribution is -2.71. The van der Waals surface area contributed by atoms with Crippen LogP contribution in [0.5, 0.6) is 0 Å². The zero-order valence-corrected chi connectivity index (χ0v) is 29.5. The highest BCUT2D eigenvalue weighted by atomic mass is 35.5. The molecule has 8 nitrogen and oxygen atoms in total. The summed E-state index contributed by atoms with van der Waals surface area (Å²) in [4.78, 5) is 27.9. The Morgan fingerprint density at radius 1 is 0.824 bits per heavy atom. The first kappa shape index (κ1) is 37.7. The number of piperidine rings is 1. The third-order valence-corrected chi connectivity index (χ3v) is 10.8. The lowest BCUT2D eigenvalue weighted by atomic mass is 9.49. The van der Waals surface area contributed by atoms with E-state index in [2.05, 4.69) is 11.4 Å². The first-order valence-electron chi connectivity index (χ1n) is 17.4. The second-order valence-corrected chi connectivity index (χ2v) is 13.7. The molecule has 266 valence electrons. The highest BCUT2D eigenvalue weighted by Gasteiger charge is 2.67. The molecular formula is C42H45ClN2O6. The average molecular weight is 709 g/mol. The molecule has 1 aliphatic rings. The number of benzene rings is 4. The number of hydrogen-bond acceptors (Lipinski definition) is 6. The van der Waals surface area contributed by atoms with Gasteiger partial charge in [0.1, 0.15) is 0 Å². The number of nitriles is 1. The lowest BCUT2D eigenvalue weighted by Gasteiger charge is -2.58. The fourth-order valence-electron chi connectivity index (χ4n) is 8.09. The molecule has 0 saturated carbocycles. The minimum atomic E-state index is -1.70. The summed E-state index contributed by atoms with van der Waals surface area (Å²) >= 11 is 6.55. The Kier molecular flexibility index (Phi) is 13.0. The van der Waals surface area contributed by atoms with Crippen molar-refractivity contribution in [3.8, 4) is 6.07 Å². The zero-order valence-electron chi connectivity index (χ0n) is 28.8. The topological polar surface area (TPSA) is 129 Å². The molecule has 3 N–H and O–H groups in total. The summed E-state index contributed by atoms with van der Waals surface area (Å²) in [7, 11) is 0. The van der Waals surface area contributed by atoms with Crippen LogP contribution in [-0.4, -0.2) is 54.1 Å². The van der Waals surface area contributed by atoms with Crippen molar-refractivity contribution in [1.82, 2.24) is 5.32 Å². The molecule has 5 unspecified atom stereocenters. The van der Waals surface area contributed by atoms with E-state index in [1.54, 1.807) is 31.2 Å². The number of halogens is 1. The first-order valence-corrected chi connectivity index (χ1v) is 17.8. The van der Waals surface area contributed by atoms with Crippen molar-refractivity contribution >= 4 is 23.5 Å². The molecule has 1 aliphatic heterocycles. The second-order valence-electron chi connectivity index (χ2n) is 13.3. The summed E-state index contributed by atoms with van der Waals surface area (Å²) in [5, 5.41) is 36.3. The van der Waals surface area contributed by atoms with E-state index in [-0.39, 0.29) is 38.4 Å². The standard InChI is InChI=1S/C42H45ClN2O6/c1-30-41(39(46)47,22-12-24-44)38(34-19-11-20-35(43)27-34)42(40(48)49,37(45-30)29-51-26-25-50-28-31-13-5-2-6-14-31)23-21-36(32-15-7-3-8-16-32)33-17-9-4-10-18-33/h2-11,13-20,27,30,36-38,45H,12,21-23,25-26,28-29H2,1H3,(H,46,47)(H,48,49). The van der Waals surface area contributed by atoms with Crippen molar-refractivity contribution in [2.75, 3.05) is 19.8 Å². The summed E-state index contributed by atoms with van der Waals surface area (Å²) in [6, 6.07) is 37.1. The van der Waals surface area contributed by atoms with Gasteiger partial charge < -0.3 is 25.0 Å². The van der Waals surface area contributed by atoms with Gasteiger partial charge in [0.2, 0.25) is 0 Å². The van der Waals surface area contributed by atoms with Gasteiger partial charge in [-0.3, -0.25) is 9.59 Å². The number of carboxylic acid groups (broad SMARTS) is 2. The predicted octanol–water partition coefficient (Wildman–Crippen LogP) is 8.08. The number of nitrogens with zero attached hydrogens (tertiary/aromatic N) is 1. The van der Waals surface area contributed by atoms with Crippen LogP contribution in [0.2, 0.25) is 5.02 Å². The fourth-order valence-corrected chi connectivity index (χ4v) is 8.29. The van der Waals surface area contributed by atoms with E-state index in [4.69, 9.17) is 21.1 Å². The van der Waals surface area contributed by atoms with Crippen molar-refractivity contribution < 1.29 is 29.3 Å². The maximum atomic E-state index is 14.2. The normalized spacial score (nSPS) is 23.1. The molecule has 4 aromatic rings. The number of ether oxygens (including phenoxy) is 2. The van der Waals surface area contributed by atoms with Crippen molar-refractivity contribution in [3.05, 3.63) is 143 Å². The van der Waals surface area contributed by atoms with Gasteiger partial charge >= 0.3 is 11.9 Å². The molecule has 5 atom stereocenters. The summed E-state index contributed by atoms with van der Waals surface area (Å²) in [5.41, 5.74) is 0.228. The van der Waals surface area contributed by atoms with Crippen LogP contribution in [0.3, 0.4) is 0 Å². The molecule has 9 heteroatoms. The Labute approximate surface area is 305 Å². The van der Waals surface area contributed by atoms with Gasteiger partial charge in [-0.1, -0.05) is 115 Å².